The lowest BCUT2D eigenvalue weighted by Crippen LogP contribution is -2.07. The average molecular weight is 299 g/mol. The number of carboxylic acids is 1. The van der Waals surface area contributed by atoms with E-state index in [4.69, 9.17) is 9.47 Å². The number of ether oxygens (including phenoxy) is 2. The van der Waals surface area contributed by atoms with Gasteiger partial charge < -0.3 is 19.6 Å². The molecule has 0 unspecified atom stereocenters. The molecule has 3 aromatic rings. The first kappa shape index (κ1) is 13.9. The number of benzene rings is 2. The van der Waals surface area contributed by atoms with Crippen molar-refractivity contribution < 1.29 is 19.4 Å². The number of methoxy groups -OCH3 is 2. The van der Waals surface area contributed by atoms with Gasteiger partial charge in [0.15, 0.2) is 11.5 Å². The summed E-state index contributed by atoms with van der Waals surface area (Å²) in [7, 11) is 2.95. The van der Waals surface area contributed by atoms with Gasteiger partial charge in [0.05, 0.1) is 25.2 Å². The van der Waals surface area contributed by atoms with E-state index in [9.17, 15) is 14.7 Å². The summed E-state index contributed by atoms with van der Waals surface area (Å²) in [6.45, 7) is 0. The number of carbonyl (C=O) groups is 1. The zero-order chi connectivity index (χ0) is 15.9. The van der Waals surface area contributed by atoms with Crippen LogP contribution in [0.5, 0.6) is 11.5 Å². The van der Waals surface area contributed by atoms with Crippen LogP contribution < -0.4 is 15.0 Å². The molecule has 0 spiro atoms. The van der Waals surface area contributed by atoms with Crippen LogP contribution in [0.1, 0.15) is 10.4 Å². The number of H-pyrrole nitrogens is 1. The molecule has 0 saturated carbocycles. The number of pyridine rings is 1. The number of carboxylic acid groups (broad SMARTS) is 1. The highest BCUT2D eigenvalue weighted by Gasteiger charge is 2.17. The molecule has 112 valence electrons. The largest absolute Gasteiger partial charge is 0.493 e. The number of hydrogen-bond acceptors (Lipinski definition) is 4. The predicted molar refractivity (Wildman–Crippen MR) is 82.1 cm³/mol. The smallest absolute Gasteiger partial charge is 0.336 e. The minimum absolute atomic E-state index is 0.106. The first-order chi connectivity index (χ1) is 10.6. The standard InChI is InChI=1S/C16H13NO5/c1-21-12-6-9-10(7-13(12)22-2)14-8(3-4-17-15(14)18)5-11(9)16(19)20/h3-7H,1-2H3,(H,17,18)(H,19,20). The van der Waals surface area contributed by atoms with Crippen molar-refractivity contribution in [1.29, 1.82) is 0 Å². The summed E-state index contributed by atoms with van der Waals surface area (Å²) in [6.07, 6.45) is 1.49. The quantitative estimate of drug-likeness (QED) is 0.725. The highest BCUT2D eigenvalue weighted by atomic mass is 16.5. The Labute approximate surface area is 124 Å². The number of rotatable bonds is 3. The van der Waals surface area contributed by atoms with Crippen molar-refractivity contribution in [2.24, 2.45) is 0 Å². The Morgan fingerprint density at radius 1 is 1.09 bits per heavy atom. The SMILES string of the molecule is COc1cc2c(C(=O)O)cc3cc[nH]c(=O)c3c2cc1OC. The van der Waals surface area contributed by atoms with Crippen LogP contribution in [-0.2, 0) is 0 Å². The molecule has 0 radical (unpaired) electrons. The molecule has 1 heterocycles. The monoisotopic (exact) mass is 299 g/mol. The van der Waals surface area contributed by atoms with Gasteiger partial charge in [0, 0.05) is 11.6 Å². The number of nitrogens with one attached hydrogen (secondary N) is 1. The Balaban J connectivity index is 2.60. The number of hydrogen-bond donors (Lipinski definition) is 2. The molecule has 0 aliphatic rings. The minimum atomic E-state index is -1.07. The fourth-order valence-electron chi connectivity index (χ4n) is 2.61. The van der Waals surface area contributed by atoms with Crippen LogP contribution in [0.25, 0.3) is 21.5 Å². The third kappa shape index (κ3) is 1.96. The van der Waals surface area contributed by atoms with E-state index >= 15 is 0 Å². The van der Waals surface area contributed by atoms with Crippen LogP contribution in [0, 0.1) is 0 Å². The van der Waals surface area contributed by atoms with E-state index in [2.05, 4.69) is 4.98 Å². The van der Waals surface area contributed by atoms with Gasteiger partial charge in [-0.1, -0.05) is 0 Å². The second-order valence-electron chi connectivity index (χ2n) is 4.75. The molecule has 6 nitrogen and oxygen atoms in total. The number of aromatic carboxylic acids is 1. The fraction of sp³-hybridized carbons (Fsp3) is 0.125. The van der Waals surface area contributed by atoms with Gasteiger partial charge in [-0.05, 0) is 35.0 Å². The van der Waals surface area contributed by atoms with E-state index in [-0.39, 0.29) is 11.1 Å². The molecule has 0 aliphatic carbocycles. The topological polar surface area (TPSA) is 88.6 Å². The molecular weight excluding hydrogens is 286 g/mol. The maximum atomic E-state index is 12.2. The predicted octanol–water partition coefficient (Wildman–Crippen LogP) is 2.40. The summed E-state index contributed by atoms with van der Waals surface area (Å²) in [6, 6.07) is 6.35. The molecule has 0 amide bonds. The van der Waals surface area contributed by atoms with Crippen LogP contribution in [0.3, 0.4) is 0 Å². The molecule has 22 heavy (non-hydrogen) atoms. The van der Waals surface area contributed by atoms with E-state index in [1.54, 1.807) is 18.2 Å². The summed E-state index contributed by atoms with van der Waals surface area (Å²) < 4.78 is 10.5. The van der Waals surface area contributed by atoms with Gasteiger partial charge in [0.25, 0.3) is 5.56 Å². The number of aromatic amines is 1. The number of fused-ring (bicyclic) bond motifs is 3. The van der Waals surface area contributed by atoms with Crippen LogP contribution in [0.2, 0.25) is 0 Å². The summed E-state index contributed by atoms with van der Waals surface area (Å²) in [5.41, 5.74) is -0.180. The normalized spacial score (nSPS) is 10.8. The van der Waals surface area contributed by atoms with Gasteiger partial charge in [-0.3, -0.25) is 4.79 Å². The van der Waals surface area contributed by atoms with Gasteiger partial charge >= 0.3 is 5.97 Å². The molecule has 3 rings (SSSR count). The Morgan fingerprint density at radius 2 is 1.73 bits per heavy atom. The van der Waals surface area contributed by atoms with Gasteiger partial charge in [0.2, 0.25) is 0 Å². The molecule has 6 heteroatoms. The maximum Gasteiger partial charge on any atom is 0.336 e. The fourth-order valence-corrected chi connectivity index (χ4v) is 2.61. The first-order valence-corrected chi connectivity index (χ1v) is 6.50. The molecule has 1 aromatic heterocycles. The van der Waals surface area contributed by atoms with E-state index in [1.165, 1.54) is 26.5 Å². The summed E-state index contributed by atoms with van der Waals surface area (Å²) >= 11 is 0. The molecule has 0 atom stereocenters. The van der Waals surface area contributed by atoms with Gasteiger partial charge in [-0.2, -0.15) is 0 Å². The molecule has 0 fully saturated rings. The van der Waals surface area contributed by atoms with Crippen molar-refractivity contribution in [2.75, 3.05) is 14.2 Å². The lowest BCUT2D eigenvalue weighted by Gasteiger charge is -2.12. The van der Waals surface area contributed by atoms with Crippen LogP contribution in [0.4, 0.5) is 0 Å². The van der Waals surface area contributed by atoms with Crippen molar-refractivity contribution in [2.45, 2.75) is 0 Å². The van der Waals surface area contributed by atoms with Crippen molar-refractivity contribution in [3.63, 3.8) is 0 Å². The van der Waals surface area contributed by atoms with Crippen LogP contribution >= 0.6 is 0 Å². The summed E-state index contributed by atoms with van der Waals surface area (Å²) in [4.78, 5) is 26.3. The third-order valence-corrected chi connectivity index (χ3v) is 3.61. The first-order valence-electron chi connectivity index (χ1n) is 6.50. The van der Waals surface area contributed by atoms with Gasteiger partial charge in [-0.25, -0.2) is 4.79 Å². The summed E-state index contributed by atoms with van der Waals surface area (Å²) in [5.74, 6) is -0.231. The second kappa shape index (κ2) is 5.07. The maximum absolute atomic E-state index is 12.2. The minimum Gasteiger partial charge on any atom is -0.493 e. The Kier molecular flexibility index (Phi) is 3.21. The van der Waals surface area contributed by atoms with Crippen molar-refractivity contribution >= 4 is 27.5 Å². The van der Waals surface area contributed by atoms with Crippen molar-refractivity contribution in [1.82, 2.24) is 4.98 Å². The highest BCUT2D eigenvalue weighted by Crippen LogP contribution is 2.36. The van der Waals surface area contributed by atoms with Gasteiger partial charge in [0.1, 0.15) is 0 Å². The zero-order valence-electron chi connectivity index (χ0n) is 12.0. The van der Waals surface area contributed by atoms with E-state index in [0.29, 0.717) is 33.0 Å². The van der Waals surface area contributed by atoms with Crippen LogP contribution in [0.15, 0.2) is 35.3 Å². The van der Waals surface area contributed by atoms with Crippen LogP contribution in [-0.4, -0.2) is 30.3 Å². The van der Waals surface area contributed by atoms with E-state index < -0.39 is 5.97 Å². The zero-order valence-corrected chi connectivity index (χ0v) is 12.0. The average Bonchev–Trinajstić information content (AvgIpc) is 2.52. The molecule has 0 saturated heterocycles. The Morgan fingerprint density at radius 3 is 2.32 bits per heavy atom. The lowest BCUT2D eigenvalue weighted by atomic mass is 9.97. The van der Waals surface area contributed by atoms with E-state index in [1.807, 2.05) is 0 Å². The molecule has 2 aromatic carbocycles. The molecular formula is C16H13NO5. The lowest BCUT2D eigenvalue weighted by molar-refractivity contribution is 0.0699. The van der Waals surface area contributed by atoms with E-state index in [0.717, 1.165) is 0 Å². The summed E-state index contributed by atoms with van der Waals surface area (Å²) in [5, 5.41) is 11.4. The third-order valence-electron chi connectivity index (χ3n) is 3.61. The van der Waals surface area contributed by atoms with Crippen molar-refractivity contribution in [3.8, 4) is 11.5 Å². The molecule has 2 N–H and O–H groups in total. The molecule has 0 aliphatic heterocycles. The molecule has 0 bridgehead atoms. The Bertz CT molecular complexity index is 958. The van der Waals surface area contributed by atoms with Crippen molar-refractivity contribution in [3.05, 3.63) is 46.4 Å². The second-order valence-corrected chi connectivity index (χ2v) is 4.75. The number of aromatic nitrogens is 1. The Hall–Kier alpha value is -3.02. The van der Waals surface area contributed by atoms with Gasteiger partial charge in [-0.15, -0.1) is 0 Å². The highest BCUT2D eigenvalue weighted by molar-refractivity contribution is 6.16.